The molecule has 0 radical (unpaired) electrons. The number of halogens is 1. The fourth-order valence-corrected chi connectivity index (χ4v) is 2.79. The Morgan fingerprint density at radius 3 is 3.19 bits per heavy atom. The Bertz CT molecular complexity index is 382. The molecule has 0 aliphatic carbocycles. The van der Waals surface area contributed by atoms with Gasteiger partial charge in [-0.3, -0.25) is 4.79 Å². The molecule has 1 unspecified atom stereocenters. The lowest BCUT2D eigenvalue weighted by Crippen LogP contribution is -2.50. The molecule has 1 N–H and O–H groups in total. The highest BCUT2D eigenvalue weighted by atomic mass is 79.9. The molecule has 1 aromatic heterocycles. The number of hydrogen-bond donors (Lipinski definition) is 1. The lowest BCUT2D eigenvalue weighted by Gasteiger charge is -2.34. The van der Waals surface area contributed by atoms with Crippen molar-refractivity contribution < 1.29 is 14.6 Å². The highest BCUT2D eigenvalue weighted by Crippen LogP contribution is 2.22. The van der Waals surface area contributed by atoms with Gasteiger partial charge in [-0.2, -0.15) is 0 Å². The quantitative estimate of drug-likeness (QED) is 0.897. The van der Waals surface area contributed by atoms with Crippen LogP contribution in [0.15, 0.2) is 15.2 Å². The first-order chi connectivity index (χ1) is 7.72. The van der Waals surface area contributed by atoms with Gasteiger partial charge in [0.05, 0.1) is 35.2 Å². The molecule has 1 atom stereocenters. The Balaban J connectivity index is 2.13. The highest BCUT2D eigenvalue weighted by molar-refractivity contribution is 9.11. The molecular weight excluding hydrogens is 294 g/mol. The van der Waals surface area contributed by atoms with Crippen molar-refractivity contribution in [3.05, 3.63) is 20.8 Å². The summed E-state index contributed by atoms with van der Waals surface area (Å²) in [7, 11) is 0. The zero-order valence-electron chi connectivity index (χ0n) is 8.56. The minimum Gasteiger partial charge on any atom is -0.394 e. The molecule has 0 aromatic carbocycles. The maximum absolute atomic E-state index is 12.1. The Labute approximate surface area is 106 Å². The van der Waals surface area contributed by atoms with Gasteiger partial charge in [-0.05, 0) is 22.0 Å². The predicted octanol–water partition coefficient (Wildman–Crippen LogP) is 1.34. The average molecular weight is 306 g/mol. The molecule has 2 heterocycles. The average Bonchev–Trinajstić information content (AvgIpc) is 2.75. The molecular formula is C10H12BrNO3S. The lowest BCUT2D eigenvalue weighted by molar-refractivity contribution is -0.0183. The summed E-state index contributed by atoms with van der Waals surface area (Å²) in [6, 6.07) is 1.58. The third-order valence-corrected chi connectivity index (χ3v) is 4.02. The summed E-state index contributed by atoms with van der Waals surface area (Å²) in [5, 5.41) is 11.0. The minimum atomic E-state index is -0.222. The number of thiophene rings is 1. The van der Waals surface area contributed by atoms with Crippen LogP contribution < -0.4 is 0 Å². The molecule has 1 fully saturated rings. The first-order valence-electron chi connectivity index (χ1n) is 4.96. The van der Waals surface area contributed by atoms with Gasteiger partial charge in [-0.15, -0.1) is 11.3 Å². The van der Waals surface area contributed by atoms with E-state index in [1.54, 1.807) is 11.0 Å². The van der Waals surface area contributed by atoms with E-state index >= 15 is 0 Å². The summed E-state index contributed by atoms with van der Waals surface area (Å²) in [4.78, 5) is 13.8. The van der Waals surface area contributed by atoms with E-state index in [4.69, 9.17) is 4.74 Å². The third kappa shape index (κ3) is 2.45. The monoisotopic (exact) mass is 305 g/mol. The summed E-state index contributed by atoms with van der Waals surface area (Å²) in [6.07, 6.45) is 0. The molecule has 2 rings (SSSR count). The van der Waals surface area contributed by atoms with Gasteiger partial charge in [0, 0.05) is 11.9 Å². The van der Waals surface area contributed by atoms with E-state index in [1.165, 1.54) is 11.3 Å². The molecule has 1 saturated heterocycles. The largest absolute Gasteiger partial charge is 0.394 e. The molecule has 1 aromatic rings. The molecule has 88 valence electrons. The predicted molar refractivity (Wildman–Crippen MR) is 64.7 cm³/mol. The molecule has 1 aliphatic rings. The molecule has 1 amide bonds. The number of amides is 1. The lowest BCUT2D eigenvalue weighted by atomic mass is 10.2. The third-order valence-electron chi connectivity index (χ3n) is 2.51. The molecule has 0 saturated carbocycles. The second kappa shape index (κ2) is 5.27. The molecule has 16 heavy (non-hydrogen) atoms. The normalized spacial score (nSPS) is 21.1. The number of carbonyl (C=O) groups is 1. The van der Waals surface area contributed by atoms with Crippen LogP contribution in [0.25, 0.3) is 0 Å². The van der Waals surface area contributed by atoms with Crippen LogP contribution in [0.3, 0.4) is 0 Å². The fourth-order valence-electron chi connectivity index (χ4n) is 1.66. The maximum atomic E-state index is 12.1. The highest BCUT2D eigenvalue weighted by Gasteiger charge is 2.27. The van der Waals surface area contributed by atoms with Crippen LogP contribution >= 0.6 is 27.3 Å². The fraction of sp³-hybridized carbons (Fsp3) is 0.500. The van der Waals surface area contributed by atoms with Crippen molar-refractivity contribution in [1.82, 2.24) is 4.90 Å². The Morgan fingerprint density at radius 2 is 2.56 bits per heavy atom. The Morgan fingerprint density at radius 1 is 1.75 bits per heavy atom. The van der Waals surface area contributed by atoms with Gasteiger partial charge in [0.15, 0.2) is 0 Å². The number of ether oxygens (including phenoxy) is 1. The first-order valence-corrected chi connectivity index (χ1v) is 6.63. The molecule has 4 nitrogen and oxygen atoms in total. The van der Waals surface area contributed by atoms with Crippen molar-refractivity contribution in [3.63, 3.8) is 0 Å². The Hall–Kier alpha value is -0.430. The van der Waals surface area contributed by atoms with Crippen LogP contribution in [0, 0.1) is 0 Å². The minimum absolute atomic E-state index is 0.0377. The van der Waals surface area contributed by atoms with Gasteiger partial charge in [-0.25, -0.2) is 0 Å². The molecule has 6 heteroatoms. The van der Waals surface area contributed by atoms with Crippen molar-refractivity contribution in [3.8, 4) is 0 Å². The van der Waals surface area contributed by atoms with Gasteiger partial charge in [0.1, 0.15) is 0 Å². The summed E-state index contributed by atoms with van der Waals surface area (Å²) < 4.78 is 6.17. The van der Waals surface area contributed by atoms with E-state index in [-0.39, 0.29) is 18.6 Å². The number of hydrogen-bond acceptors (Lipinski definition) is 4. The van der Waals surface area contributed by atoms with Crippen LogP contribution in [0.2, 0.25) is 0 Å². The standard InChI is InChI=1S/C10H12BrNO3S/c11-9-3-7(6-16-9)10(14)12-1-2-15-5-8(12)4-13/h3,6,8,13H,1-2,4-5H2. The van der Waals surface area contributed by atoms with Gasteiger partial charge in [0.25, 0.3) is 5.91 Å². The van der Waals surface area contributed by atoms with Gasteiger partial charge in [0.2, 0.25) is 0 Å². The number of nitrogens with zero attached hydrogens (tertiary/aromatic N) is 1. The first kappa shape index (κ1) is 12.0. The van der Waals surface area contributed by atoms with Crippen molar-refractivity contribution in [2.24, 2.45) is 0 Å². The zero-order chi connectivity index (χ0) is 11.5. The summed E-state index contributed by atoms with van der Waals surface area (Å²) in [5.74, 6) is -0.0377. The number of aliphatic hydroxyl groups is 1. The van der Waals surface area contributed by atoms with Crippen LogP contribution in [-0.2, 0) is 4.74 Å². The van der Waals surface area contributed by atoms with Gasteiger partial charge < -0.3 is 14.7 Å². The van der Waals surface area contributed by atoms with Crippen LogP contribution in [-0.4, -0.2) is 48.3 Å². The number of morpholine rings is 1. The number of carbonyl (C=O) groups excluding carboxylic acids is 1. The van der Waals surface area contributed by atoms with Crippen molar-refractivity contribution in [1.29, 1.82) is 0 Å². The number of aliphatic hydroxyl groups excluding tert-OH is 1. The van der Waals surface area contributed by atoms with E-state index in [2.05, 4.69) is 15.9 Å². The van der Waals surface area contributed by atoms with Gasteiger partial charge >= 0.3 is 0 Å². The second-order valence-corrected chi connectivity index (χ2v) is 5.84. The SMILES string of the molecule is O=C(c1csc(Br)c1)N1CCOCC1CO. The van der Waals surface area contributed by atoms with E-state index in [9.17, 15) is 9.90 Å². The summed E-state index contributed by atoms with van der Waals surface area (Å²) in [5.41, 5.74) is 0.664. The summed E-state index contributed by atoms with van der Waals surface area (Å²) >= 11 is 4.81. The molecule has 1 aliphatic heterocycles. The zero-order valence-corrected chi connectivity index (χ0v) is 11.0. The van der Waals surface area contributed by atoms with Crippen molar-refractivity contribution in [2.75, 3.05) is 26.4 Å². The summed E-state index contributed by atoms with van der Waals surface area (Å²) in [6.45, 7) is 1.43. The van der Waals surface area contributed by atoms with E-state index < -0.39 is 0 Å². The van der Waals surface area contributed by atoms with Crippen molar-refractivity contribution >= 4 is 33.2 Å². The van der Waals surface area contributed by atoms with E-state index in [0.717, 1.165) is 3.79 Å². The van der Waals surface area contributed by atoms with Crippen LogP contribution in [0.4, 0.5) is 0 Å². The number of rotatable bonds is 2. The van der Waals surface area contributed by atoms with E-state index in [1.807, 2.05) is 5.38 Å². The van der Waals surface area contributed by atoms with Crippen LogP contribution in [0.5, 0.6) is 0 Å². The maximum Gasteiger partial charge on any atom is 0.255 e. The topological polar surface area (TPSA) is 49.8 Å². The molecule has 0 bridgehead atoms. The van der Waals surface area contributed by atoms with Gasteiger partial charge in [-0.1, -0.05) is 0 Å². The second-order valence-electron chi connectivity index (χ2n) is 3.55. The van der Waals surface area contributed by atoms with Crippen LogP contribution in [0.1, 0.15) is 10.4 Å². The smallest absolute Gasteiger partial charge is 0.255 e. The molecule has 0 spiro atoms. The van der Waals surface area contributed by atoms with E-state index in [0.29, 0.717) is 25.3 Å². The van der Waals surface area contributed by atoms with Crippen molar-refractivity contribution in [2.45, 2.75) is 6.04 Å². The Kier molecular flexibility index (Phi) is 3.96.